The van der Waals surface area contributed by atoms with Crippen LogP contribution in [0.25, 0.3) is 0 Å². The zero-order valence-corrected chi connectivity index (χ0v) is 22.2. The number of ketones is 1. The van der Waals surface area contributed by atoms with Crippen LogP contribution in [0.2, 0.25) is 5.02 Å². The number of hydrogen-bond donors (Lipinski definition) is 1. The van der Waals surface area contributed by atoms with E-state index in [-0.39, 0.29) is 30.0 Å². The minimum absolute atomic E-state index is 0.0126. The van der Waals surface area contributed by atoms with E-state index in [9.17, 15) is 22.8 Å². The molecule has 0 radical (unpaired) electrons. The van der Waals surface area contributed by atoms with Crippen LogP contribution in [0.3, 0.4) is 0 Å². The van der Waals surface area contributed by atoms with Crippen molar-refractivity contribution in [2.24, 2.45) is 0 Å². The van der Waals surface area contributed by atoms with Crippen LogP contribution in [0.4, 0.5) is 5.69 Å². The number of rotatable bonds is 11. The van der Waals surface area contributed by atoms with Crippen LogP contribution in [-0.4, -0.2) is 55.8 Å². The maximum Gasteiger partial charge on any atom is 0.244 e. The van der Waals surface area contributed by atoms with Gasteiger partial charge in [0.05, 0.1) is 11.9 Å². The summed E-state index contributed by atoms with van der Waals surface area (Å²) in [4.78, 5) is 39.6. The number of benzene rings is 2. The van der Waals surface area contributed by atoms with Crippen molar-refractivity contribution in [2.45, 2.75) is 52.7 Å². The van der Waals surface area contributed by atoms with Gasteiger partial charge in [-0.05, 0) is 51.0 Å². The van der Waals surface area contributed by atoms with Crippen molar-refractivity contribution in [1.29, 1.82) is 0 Å². The van der Waals surface area contributed by atoms with Gasteiger partial charge in [0.2, 0.25) is 21.8 Å². The Bertz CT molecular complexity index is 1190. The number of Topliss-reactive ketones (excluding diaryl/α,β-unsaturated/α-hetero) is 1. The predicted molar refractivity (Wildman–Crippen MR) is 138 cm³/mol. The van der Waals surface area contributed by atoms with Crippen LogP contribution in [0, 0.1) is 0 Å². The van der Waals surface area contributed by atoms with Gasteiger partial charge in [0.15, 0.2) is 5.78 Å². The van der Waals surface area contributed by atoms with Gasteiger partial charge in [0.1, 0.15) is 12.6 Å². The van der Waals surface area contributed by atoms with Crippen LogP contribution in [-0.2, 0) is 26.2 Å². The molecule has 0 bridgehead atoms. The second kappa shape index (κ2) is 12.2. The van der Waals surface area contributed by atoms with Gasteiger partial charge in [0.25, 0.3) is 0 Å². The van der Waals surface area contributed by atoms with E-state index in [1.165, 1.54) is 24.0 Å². The zero-order valence-electron chi connectivity index (χ0n) is 20.6. The smallest absolute Gasteiger partial charge is 0.244 e. The fraction of sp³-hybridized carbons (Fsp3) is 0.400. The first kappa shape index (κ1) is 28.3. The topological polar surface area (TPSA) is 104 Å². The van der Waals surface area contributed by atoms with Crippen molar-refractivity contribution >= 4 is 44.9 Å². The number of anilines is 1. The summed E-state index contributed by atoms with van der Waals surface area (Å²) < 4.78 is 26.2. The number of carbonyl (C=O) groups is 3. The average molecular weight is 522 g/mol. The Morgan fingerprint density at radius 2 is 1.71 bits per heavy atom. The highest BCUT2D eigenvalue weighted by atomic mass is 35.5. The van der Waals surface area contributed by atoms with Gasteiger partial charge < -0.3 is 10.2 Å². The molecule has 0 saturated carbocycles. The summed E-state index contributed by atoms with van der Waals surface area (Å²) in [5.41, 5.74) is 1.12. The molecule has 0 aromatic heterocycles. The van der Waals surface area contributed by atoms with E-state index in [4.69, 9.17) is 11.6 Å². The third-order valence-corrected chi connectivity index (χ3v) is 7.20. The number of hydrogen-bond acceptors (Lipinski definition) is 5. The molecular formula is C25H32ClN3O5S. The predicted octanol–water partition coefficient (Wildman–Crippen LogP) is 3.64. The van der Waals surface area contributed by atoms with Gasteiger partial charge in [-0.2, -0.15) is 0 Å². The fourth-order valence-corrected chi connectivity index (χ4v) is 4.39. The first-order chi connectivity index (χ1) is 16.3. The standard InChI is InChI=1S/C25H32ClN3O5S/c1-6-17(2)27-25(32)18(3)28(15-21-10-7-8-13-23(21)26)24(31)16-29(35(5,33)34)22-12-9-11-20(14-22)19(4)30/h7-14,17-18H,6,15-16H2,1-5H3,(H,27,32)/t17-,18+/m0/s1. The summed E-state index contributed by atoms with van der Waals surface area (Å²) >= 11 is 6.31. The van der Waals surface area contributed by atoms with Crippen molar-refractivity contribution in [3.8, 4) is 0 Å². The molecule has 0 heterocycles. The van der Waals surface area contributed by atoms with Crippen LogP contribution in [0.5, 0.6) is 0 Å². The van der Waals surface area contributed by atoms with Gasteiger partial charge in [-0.3, -0.25) is 18.7 Å². The maximum atomic E-state index is 13.5. The number of halogens is 1. The summed E-state index contributed by atoms with van der Waals surface area (Å²) in [6, 6.07) is 12.0. The lowest BCUT2D eigenvalue weighted by molar-refractivity contribution is -0.139. The molecule has 0 spiro atoms. The Kier molecular flexibility index (Phi) is 9.85. The number of nitrogens with one attached hydrogen (secondary N) is 1. The highest BCUT2D eigenvalue weighted by molar-refractivity contribution is 7.92. The van der Waals surface area contributed by atoms with Crippen LogP contribution >= 0.6 is 11.6 Å². The van der Waals surface area contributed by atoms with Crippen molar-refractivity contribution in [3.63, 3.8) is 0 Å². The highest BCUT2D eigenvalue weighted by Gasteiger charge is 2.31. The normalized spacial score (nSPS) is 13.0. The SMILES string of the molecule is CC[C@H](C)NC(=O)[C@@H](C)N(Cc1ccccc1Cl)C(=O)CN(c1cccc(C(C)=O)c1)S(C)(=O)=O. The molecule has 190 valence electrons. The maximum absolute atomic E-state index is 13.5. The summed E-state index contributed by atoms with van der Waals surface area (Å²) in [5, 5.41) is 3.29. The molecule has 8 nitrogen and oxygen atoms in total. The van der Waals surface area contributed by atoms with Crippen molar-refractivity contribution in [2.75, 3.05) is 17.1 Å². The van der Waals surface area contributed by atoms with Crippen LogP contribution in [0.1, 0.15) is 50.0 Å². The Morgan fingerprint density at radius 3 is 2.29 bits per heavy atom. The Hall–Kier alpha value is -2.91. The monoisotopic (exact) mass is 521 g/mol. The van der Waals surface area contributed by atoms with E-state index in [1.807, 2.05) is 13.8 Å². The molecule has 0 saturated heterocycles. The van der Waals surface area contributed by atoms with Crippen molar-refractivity contribution in [1.82, 2.24) is 10.2 Å². The first-order valence-corrected chi connectivity index (χ1v) is 13.5. The van der Waals surface area contributed by atoms with Crippen LogP contribution in [0.15, 0.2) is 48.5 Å². The molecule has 0 aliphatic carbocycles. The molecule has 2 amide bonds. The average Bonchev–Trinajstić information content (AvgIpc) is 2.80. The summed E-state index contributed by atoms with van der Waals surface area (Å²) in [6.45, 7) is 6.22. The molecule has 0 aliphatic rings. The van der Waals surface area contributed by atoms with E-state index in [0.717, 1.165) is 10.6 Å². The van der Waals surface area contributed by atoms with E-state index in [1.54, 1.807) is 43.3 Å². The quantitative estimate of drug-likeness (QED) is 0.455. The zero-order chi connectivity index (χ0) is 26.3. The number of nitrogens with zero attached hydrogens (tertiary/aromatic N) is 2. The molecule has 2 rings (SSSR count). The number of sulfonamides is 1. The number of carbonyl (C=O) groups excluding carboxylic acids is 3. The summed E-state index contributed by atoms with van der Waals surface area (Å²) in [5.74, 6) is -1.18. The summed E-state index contributed by atoms with van der Waals surface area (Å²) in [7, 11) is -3.89. The fourth-order valence-electron chi connectivity index (χ4n) is 3.35. The highest BCUT2D eigenvalue weighted by Crippen LogP contribution is 2.22. The minimum atomic E-state index is -3.89. The van der Waals surface area contributed by atoms with Gasteiger partial charge in [-0.25, -0.2) is 8.42 Å². The third kappa shape index (κ3) is 7.80. The lowest BCUT2D eigenvalue weighted by Crippen LogP contribution is -2.52. The van der Waals surface area contributed by atoms with Crippen LogP contribution < -0.4 is 9.62 Å². The molecule has 1 N–H and O–H groups in total. The van der Waals surface area contributed by atoms with E-state index < -0.39 is 28.5 Å². The summed E-state index contributed by atoms with van der Waals surface area (Å²) in [6.07, 6.45) is 1.70. The third-order valence-electron chi connectivity index (χ3n) is 5.69. The molecule has 2 aromatic carbocycles. The minimum Gasteiger partial charge on any atom is -0.352 e. The van der Waals surface area contributed by atoms with Gasteiger partial charge >= 0.3 is 0 Å². The van der Waals surface area contributed by atoms with Gasteiger partial charge in [-0.15, -0.1) is 0 Å². The second-order valence-electron chi connectivity index (χ2n) is 8.48. The second-order valence-corrected chi connectivity index (χ2v) is 10.8. The van der Waals surface area contributed by atoms with E-state index in [2.05, 4.69) is 5.32 Å². The molecule has 2 atom stereocenters. The molecule has 35 heavy (non-hydrogen) atoms. The number of amides is 2. The van der Waals surface area contributed by atoms with E-state index in [0.29, 0.717) is 22.6 Å². The van der Waals surface area contributed by atoms with Gasteiger partial charge in [0, 0.05) is 23.2 Å². The van der Waals surface area contributed by atoms with Crippen molar-refractivity contribution in [3.05, 3.63) is 64.7 Å². The molecule has 10 heteroatoms. The largest absolute Gasteiger partial charge is 0.352 e. The van der Waals surface area contributed by atoms with Gasteiger partial charge in [-0.1, -0.05) is 48.9 Å². The molecule has 0 unspecified atom stereocenters. The first-order valence-electron chi connectivity index (χ1n) is 11.3. The Morgan fingerprint density at radius 1 is 1.06 bits per heavy atom. The molecular weight excluding hydrogens is 490 g/mol. The molecule has 2 aromatic rings. The molecule has 0 aliphatic heterocycles. The lowest BCUT2D eigenvalue weighted by Gasteiger charge is -2.32. The van der Waals surface area contributed by atoms with E-state index >= 15 is 0 Å². The Labute approximate surface area is 212 Å². The van der Waals surface area contributed by atoms with Crippen molar-refractivity contribution < 1.29 is 22.8 Å². The lowest BCUT2D eigenvalue weighted by atomic mass is 10.1. The molecule has 0 fully saturated rings. The Balaban J connectivity index is 2.44.